The van der Waals surface area contributed by atoms with Crippen LogP contribution in [0.25, 0.3) is 24.3 Å². The molecular weight excluding hydrogens is 629 g/mol. The van der Waals surface area contributed by atoms with Gasteiger partial charge in [-0.1, -0.05) is 121 Å². The van der Waals surface area contributed by atoms with E-state index in [1.807, 2.05) is 0 Å². The lowest BCUT2D eigenvalue weighted by atomic mass is 10.1. The Morgan fingerprint density at radius 2 is 0.500 bits per heavy atom. The third kappa shape index (κ3) is 8.31. The van der Waals surface area contributed by atoms with Gasteiger partial charge in [0.2, 0.25) is 0 Å². The number of hydrogen-bond acceptors (Lipinski definition) is 2. The largest absolute Gasteiger partial charge is 0.310 e. The van der Waals surface area contributed by atoms with Gasteiger partial charge in [0.15, 0.2) is 0 Å². The van der Waals surface area contributed by atoms with Crippen LogP contribution in [0, 0.1) is 27.7 Å². The first-order valence-electron chi connectivity index (χ1n) is 17.9. The van der Waals surface area contributed by atoms with Gasteiger partial charge in [-0.15, -0.1) is 0 Å². The molecule has 0 saturated heterocycles. The second-order valence-electron chi connectivity index (χ2n) is 13.5. The highest BCUT2D eigenvalue weighted by molar-refractivity contribution is 5.80. The summed E-state index contributed by atoms with van der Waals surface area (Å²) in [6.07, 6.45) is 8.70. The minimum Gasteiger partial charge on any atom is -0.310 e. The van der Waals surface area contributed by atoms with Crippen molar-refractivity contribution in [3.8, 4) is 0 Å². The van der Waals surface area contributed by atoms with Crippen LogP contribution < -0.4 is 9.80 Å². The Hall–Kier alpha value is -6.38. The van der Waals surface area contributed by atoms with Crippen LogP contribution in [0.4, 0.5) is 34.1 Å². The zero-order valence-corrected chi connectivity index (χ0v) is 30.4. The molecule has 0 amide bonds. The molecule has 0 aliphatic carbocycles. The standard InChI is InChI=1S/C50H44N2/c1-37-9-5-13-47(33-37)51(48-14-6-10-38(2)34-48)45-29-25-43(26-30-45)23-21-41-17-19-42(20-18-41)22-24-44-27-31-46(32-28-44)52(49-15-7-11-39(3)35-49)50-16-8-12-40(4)36-50/h5-36H,1-4H3/b23-21+,24-22+. The molecule has 0 spiro atoms. The van der Waals surface area contributed by atoms with Gasteiger partial charge in [0, 0.05) is 34.1 Å². The van der Waals surface area contributed by atoms with E-state index in [1.54, 1.807) is 0 Å². The van der Waals surface area contributed by atoms with Crippen molar-refractivity contribution in [3.05, 3.63) is 214 Å². The maximum absolute atomic E-state index is 2.32. The first-order valence-corrected chi connectivity index (χ1v) is 17.9. The number of hydrogen-bond donors (Lipinski definition) is 0. The predicted molar refractivity (Wildman–Crippen MR) is 225 cm³/mol. The zero-order chi connectivity index (χ0) is 35.9. The highest BCUT2D eigenvalue weighted by atomic mass is 15.1. The highest BCUT2D eigenvalue weighted by Gasteiger charge is 2.14. The average Bonchev–Trinajstić information content (AvgIpc) is 3.15. The molecule has 0 heterocycles. The summed E-state index contributed by atoms with van der Waals surface area (Å²) in [5.41, 5.74) is 16.5. The van der Waals surface area contributed by atoms with E-state index in [-0.39, 0.29) is 0 Å². The van der Waals surface area contributed by atoms with Crippen molar-refractivity contribution in [3.63, 3.8) is 0 Å². The molecule has 0 aromatic heterocycles. The highest BCUT2D eigenvalue weighted by Crippen LogP contribution is 2.37. The molecule has 0 N–H and O–H groups in total. The summed E-state index contributed by atoms with van der Waals surface area (Å²) in [5.74, 6) is 0. The lowest BCUT2D eigenvalue weighted by molar-refractivity contribution is 1.26. The quantitative estimate of drug-likeness (QED) is 0.133. The van der Waals surface area contributed by atoms with E-state index in [0.717, 1.165) is 45.3 Å². The monoisotopic (exact) mass is 672 g/mol. The normalized spacial score (nSPS) is 11.3. The molecule has 7 rings (SSSR count). The second-order valence-corrected chi connectivity index (χ2v) is 13.5. The topological polar surface area (TPSA) is 6.48 Å². The molecule has 0 bridgehead atoms. The summed E-state index contributed by atoms with van der Waals surface area (Å²) in [6.45, 7) is 8.56. The number of aryl methyl sites for hydroxylation is 4. The molecule has 0 unspecified atom stereocenters. The molecule has 0 saturated carbocycles. The first-order chi connectivity index (χ1) is 25.4. The van der Waals surface area contributed by atoms with Crippen molar-refractivity contribution < 1.29 is 0 Å². The summed E-state index contributed by atoms with van der Waals surface area (Å²) in [4.78, 5) is 4.64. The molecule has 52 heavy (non-hydrogen) atoms. The third-order valence-electron chi connectivity index (χ3n) is 9.21. The van der Waals surface area contributed by atoms with Gasteiger partial charge in [0.25, 0.3) is 0 Å². The van der Waals surface area contributed by atoms with E-state index >= 15 is 0 Å². The SMILES string of the molecule is Cc1cccc(N(c2ccc(/C=C/c3ccc(/C=C/c4ccc(N(c5cccc(C)c5)c5cccc(C)c5)cc4)cc3)cc2)c2cccc(C)c2)c1. The number of anilines is 6. The van der Waals surface area contributed by atoms with Crippen LogP contribution in [0.15, 0.2) is 170 Å². The molecule has 2 nitrogen and oxygen atoms in total. The van der Waals surface area contributed by atoms with Gasteiger partial charge >= 0.3 is 0 Å². The van der Waals surface area contributed by atoms with Gasteiger partial charge in [-0.3, -0.25) is 0 Å². The second kappa shape index (κ2) is 15.7. The Morgan fingerprint density at radius 3 is 0.731 bits per heavy atom. The Kier molecular flexibility index (Phi) is 10.3. The van der Waals surface area contributed by atoms with Crippen molar-refractivity contribution in [2.24, 2.45) is 0 Å². The van der Waals surface area contributed by atoms with Gasteiger partial charge in [0.1, 0.15) is 0 Å². The average molecular weight is 673 g/mol. The Bertz CT molecular complexity index is 2070. The van der Waals surface area contributed by atoms with Crippen LogP contribution in [0.3, 0.4) is 0 Å². The van der Waals surface area contributed by atoms with E-state index < -0.39 is 0 Å². The maximum atomic E-state index is 2.32. The molecular formula is C50H44N2. The first kappa shape index (κ1) is 34.1. The molecule has 0 aliphatic heterocycles. The zero-order valence-electron chi connectivity index (χ0n) is 30.4. The van der Waals surface area contributed by atoms with Gasteiger partial charge in [0.05, 0.1) is 0 Å². The van der Waals surface area contributed by atoms with E-state index in [4.69, 9.17) is 0 Å². The summed E-state index contributed by atoms with van der Waals surface area (Å²) in [6, 6.07) is 60.9. The smallest absolute Gasteiger partial charge is 0.0464 e. The van der Waals surface area contributed by atoms with E-state index in [9.17, 15) is 0 Å². The van der Waals surface area contributed by atoms with Crippen molar-refractivity contribution in [2.75, 3.05) is 9.80 Å². The summed E-state index contributed by atoms with van der Waals surface area (Å²) in [7, 11) is 0. The number of nitrogens with zero attached hydrogens (tertiary/aromatic N) is 2. The fraction of sp³-hybridized carbons (Fsp3) is 0.0800. The lowest BCUT2D eigenvalue weighted by Crippen LogP contribution is -2.10. The minimum absolute atomic E-state index is 1.13. The Morgan fingerprint density at radius 1 is 0.269 bits per heavy atom. The van der Waals surface area contributed by atoms with Crippen LogP contribution >= 0.6 is 0 Å². The molecule has 0 fully saturated rings. The van der Waals surface area contributed by atoms with E-state index in [0.29, 0.717) is 0 Å². The van der Waals surface area contributed by atoms with E-state index in [2.05, 4.69) is 232 Å². The summed E-state index contributed by atoms with van der Waals surface area (Å²) >= 11 is 0. The Balaban J connectivity index is 1.03. The van der Waals surface area contributed by atoms with Crippen LogP contribution in [0.2, 0.25) is 0 Å². The number of benzene rings is 7. The van der Waals surface area contributed by atoms with E-state index in [1.165, 1.54) is 33.4 Å². The predicted octanol–water partition coefficient (Wildman–Crippen LogP) is 14.2. The lowest BCUT2D eigenvalue weighted by Gasteiger charge is -2.26. The van der Waals surface area contributed by atoms with Gasteiger partial charge < -0.3 is 9.80 Å². The molecule has 7 aromatic rings. The molecule has 0 atom stereocenters. The minimum atomic E-state index is 1.13. The van der Waals surface area contributed by atoms with Crippen LogP contribution in [-0.4, -0.2) is 0 Å². The van der Waals surface area contributed by atoms with Gasteiger partial charge in [-0.25, -0.2) is 0 Å². The third-order valence-corrected chi connectivity index (χ3v) is 9.21. The van der Waals surface area contributed by atoms with Crippen molar-refractivity contribution in [1.82, 2.24) is 0 Å². The van der Waals surface area contributed by atoms with Gasteiger partial charge in [-0.2, -0.15) is 0 Å². The molecule has 2 heteroatoms. The molecule has 254 valence electrons. The van der Waals surface area contributed by atoms with Crippen molar-refractivity contribution in [1.29, 1.82) is 0 Å². The molecule has 7 aromatic carbocycles. The summed E-state index contributed by atoms with van der Waals surface area (Å²) < 4.78 is 0. The van der Waals surface area contributed by atoms with Crippen LogP contribution in [0.5, 0.6) is 0 Å². The Labute approximate surface area is 309 Å². The van der Waals surface area contributed by atoms with Crippen molar-refractivity contribution >= 4 is 58.4 Å². The fourth-order valence-corrected chi connectivity index (χ4v) is 6.53. The molecule has 0 aliphatic rings. The van der Waals surface area contributed by atoms with Crippen LogP contribution in [0.1, 0.15) is 44.5 Å². The van der Waals surface area contributed by atoms with Crippen LogP contribution in [-0.2, 0) is 0 Å². The fourth-order valence-electron chi connectivity index (χ4n) is 6.53. The summed E-state index contributed by atoms with van der Waals surface area (Å²) in [5, 5.41) is 0. The molecule has 0 radical (unpaired) electrons. The van der Waals surface area contributed by atoms with Gasteiger partial charge in [-0.05, 0) is 145 Å². The maximum Gasteiger partial charge on any atom is 0.0464 e. The van der Waals surface area contributed by atoms with Crippen molar-refractivity contribution in [2.45, 2.75) is 27.7 Å². The number of rotatable bonds is 10.